The van der Waals surface area contributed by atoms with Crippen LogP contribution in [0.1, 0.15) is 40.5 Å². The smallest absolute Gasteiger partial charge is 0.303 e. The Labute approximate surface area is 162 Å². The summed E-state index contributed by atoms with van der Waals surface area (Å²) in [6.07, 6.45) is 0.356. The van der Waals surface area contributed by atoms with Crippen molar-refractivity contribution in [2.75, 3.05) is 19.8 Å². The van der Waals surface area contributed by atoms with Gasteiger partial charge in [-0.3, -0.25) is 19.4 Å². The van der Waals surface area contributed by atoms with Crippen LogP contribution in [0, 0.1) is 0 Å². The third-order valence-corrected chi connectivity index (χ3v) is 5.35. The molecule has 4 atom stereocenters. The van der Waals surface area contributed by atoms with E-state index in [1.807, 2.05) is 0 Å². The van der Waals surface area contributed by atoms with Crippen molar-refractivity contribution in [2.45, 2.75) is 63.7 Å². The number of ether oxygens (including phenoxy) is 4. The van der Waals surface area contributed by atoms with Crippen molar-refractivity contribution < 1.29 is 33.3 Å². The zero-order valence-corrected chi connectivity index (χ0v) is 16.8. The van der Waals surface area contributed by atoms with Crippen molar-refractivity contribution in [1.82, 2.24) is 5.32 Å². The lowest BCUT2D eigenvalue weighted by Crippen LogP contribution is -2.64. The van der Waals surface area contributed by atoms with E-state index in [4.69, 9.17) is 18.9 Å². The van der Waals surface area contributed by atoms with Crippen LogP contribution in [0.3, 0.4) is 0 Å². The maximum atomic E-state index is 11.6. The Hall–Kier alpha value is -1.81. The molecule has 2 aliphatic heterocycles. The van der Waals surface area contributed by atoms with Gasteiger partial charge in [0.2, 0.25) is 0 Å². The van der Waals surface area contributed by atoms with Gasteiger partial charge in [-0.15, -0.1) is 0 Å². The quantitative estimate of drug-likeness (QED) is 0.378. The molecule has 0 aliphatic carbocycles. The van der Waals surface area contributed by atoms with Gasteiger partial charge in [-0.2, -0.15) is 0 Å². The molecule has 0 aromatic heterocycles. The molecule has 0 aromatic carbocycles. The number of carbonyl (C=O) groups is 3. The molecule has 2 aliphatic rings. The molecule has 9 nitrogen and oxygen atoms in total. The number of unbranched alkanes of at least 4 members (excludes halogenated alkanes) is 1. The highest BCUT2D eigenvalue weighted by molar-refractivity contribution is 8.15. The Morgan fingerprint density at radius 1 is 1.22 bits per heavy atom. The topological polar surface area (TPSA) is 113 Å². The number of hydrogen-bond donors (Lipinski definition) is 1. The lowest BCUT2D eigenvalue weighted by molar-refractivity contribution is -0.203. The molecule has 152 valence electrons. The summed E-state index contributed by atoms with van der Waals surface area (Å²) in [5.74, 6) is -1.46. The Bertz CT molecular complexity index is 612. The van der Waals surface area contributed by atoms with Crippen LogP contribution in [0.2, 0.25) is 0 Å². The van der Waals surface area contributed by atoms with Gasteiger partial charge in [0.25, 0.3) is 0 Å². The first-order valence-electron chi connectivity index (χ1n) is 8.89. The largest absolute Gasteiger partial charge is 0.462 e. The van der Waals surface area contributed by atoms with Gasteiger partial charge in [0.15, 0.2) is 22.3 Å². The Balaban J connectivity index is 2.29. The van der Waals surface area contributed by atoms with Gasteiger partial charge in [0.05, 0.1) is 6.61 Å². The molecule has 0 amide bonds. The normalized spacial score (nSPS) is 31.0. The van der Waals surface area contributed by atoms with Gasteiger partial charge in [0, 0.05) is 27.3 Å². The van der Waals surface area contributed by atoms with Crippen LogP contribution >= 0.6 is 11.8 Å². The molecule has 1 N–H and O–H groups in total. The van der Waals surface area contributed by atoms with Gasteiger partial charge < -0.3 is 24.3 Å². The molecule has 0 aromatic rings. The SMILES string of the molecule is CCCCN=C1NC2C(OC(C)=O)C(OC(C)=O)COC2(COC(C)=O)S1. The van der Waals surface area contributed by atoms with Crippen LogP contribution < -0.4 is 5.32 Å². The third kappa shape index (κ3) is 5.58. The fourth-order valence-electron chi connectivity index (χ4n) is 2.91. The van der Waals surface area contributed by atoms with Crippen molar-refractivity contribution in [3.63, 3.8) is 0 Å². The average Bonchev–Trinajstić information content (AvgIpc) is 2.94. The van der Waals surface area contributed by atoms with E-state index < -0.39 is 41.1 Å². The molecule has 4 unspecified atom stereocenters. The fraction of sp³-hybridized carbons (Fsp3) is 0.765. The zero-order chi connectivity index (χ0) is 20.0. The van der Waals surface area contributed by atoms with E-state index in [1.165, 1.54) is 32.5 Å². The third-order valence-electron chi connectivity index (χ3n) is 4.07. The van der Waals surface area contributed by atoms with Crippen molar-refractivity contribution >= 4 is 34.8 Å². The zero-order valence-electron chi connectivity index (χ0n) is 16.0. The summed E-state index contributed by atoms with van der Waals surface area (Å²) in [7, 11) is 0. The summed E-state index contributed by atoms with van der Waals surface area (Å²) in [6, 6.07) is -0.593. The highest BCUT2D eigenvalue weighted by Crippen LogP contribution is 2.43. The molecule has 10 heteroatoms. The van der Waals surface area contributed by atoms with Crippen LogP contribution in [0.25, 0.3) is 0 Å². The van der Waals surface area contributed by atoms with Crippen LogP contribution in [-0.2, 0) is 33.3 Å². The summed E-state index contributed by atoms with van der Waals surface area (Å²) in [5.41, 5.74) is 0. The number of nitrogens with zero attached hydrogens (tertiary/aromatic N) is 1. The maximum Gasteiger partial charge on any atom is 0.303 e. The fourth-order valence-corrected chi connectivity index (χ4v) is 4.15. The van der Waals surface area contributed by atoms with Gasteiger partial charge in [-0.05, 0) is 18.2 Å². The van der Waals surface area contributed by atoms with E-state index in [9.17, 15) is 14.4 Å². The van der Waals surface area contributed by atoms with Crippen molar-refractivity contribution in [3.05, 3.63) is 0 Å². The second kappa shape index (κ2) is 9.41. The number of thioether (sulfide) groups is 1. The minimum absolute atomic E-state index is 0.00616. The van der Waals surface area contributed by atoms with Gasteiger partial charge in [0.1, 0.15) is 12.6 Å². The number of aliphatic imine (C=N–C) groups is 1. The summed E-state index contributed by atoms with van der Waals surface area (Å²) in [5, 5.41) is 3.82. The molecular formula is C17H26N2O7S. The van der Waals surface area contributed by atoms with Gasteiger partial charge in [-0.25, -0.2) is 0 Å². The first-order valence-corrected chi connectivity index (χ1v) is 9.71. The van der Waals surface area contributed by atoms with Gasteiger partial charge in [-0.1, -0.05) is 13.3 Å². The maximum absolute atomic E-state index is 11.6. The number of fused-ring (bicyclic) bond motifs is 1. The van der Waals surface area contributed by atoms with E-state index >= 15 is 0 Å². The lowest BCUT2D eigenvalue weighted by Gasteiger charge is -2.43. The minimum atomic E-state index is -1.02. The molecule has 2 heterocycles. The number of rotatable bonds is 7. The second-order valence-electron chi connectivity index (χ2n) is 6.39. The van der Waals surface area contributed by atoms with E-state index in [0.29, 0.717) is 11.7 Å². The molecule has 0 radical (unpaired) electrons. The predicted molar refractivity (Wildman–Crippen MR) is 98.1 cm³/mol. The summed E-state index contributed by atoms with van der Waals surface area (Å²) in [6.45, 7) is 6.53. The van der Waals surface area contributed by atoms with E-state index in [0.717, 1.165) is 12.8 Å². The summed E-state index contributed by atoms with van der Waals surface area (Å²) < 4.78 is 21.9. The van der Waals surface area contributed by atoms with E-state index in [2.05, 4.69) is 17.2 Å². The van der Waals surface area contributed by atoms with Crippen LogP contribution in [0.5, 0.6) is 0 Å². The number of amidine groups is 1. The predicted octanol–water partition coefficient (Wildman–Crippen LogP) is 1.00. The molecule has 0 saturated carbocycles. The molecule has 2 saturated heterocycles. The lowest BCUT2D eigenvalue weighted by atomic mass is 9.96. The minimum Gasteiger partial charge on any atom is -0.462 e. The van der Waals surface area contributed by atoms with E-state index in [1.54, 1.807) is 0 Å². The number of hydrogen-bond acceptors (Lipinski definition) is 9. The Morgan fingerprint density at radius 2 is 1.93 bits per heavy atom. The highest BCUT2D eigenvalue weighted by atomic mass is 32.2. The summed E-state index contributed by atoms with van der Waals surface area (Å²) in [4.78, 5) is 37.9. The number of carbonyl (C=O) groups excluding carboxylic acids is 3. The standard InChI is InChI=1S/C17H26N2O7S/c1-5-6-7-18-16-19-15-14(26-12(4)22)13(25-11(3)21)8-24-17(15,27-16)9-23-10(2)20/h13-15H,5-9H2,1-4H3,(H,18,19). The molecule has 0 bridgehead atoms. The summed E-state index contributed by atoms with van der Waals surface area (Å²) >= 11 is 1.29. The molecule has 2 fully saturated rings. The molecule has 0 spiro atoms. The van der Waals surface area contributed by atoms with Crippen LogP contribution in [-0.4, -0.2) is 66.0 Å². The van der Waals surface area contributed by atoms with Crippen LogP contribution in [0.15, 0.2) is 4.99 Å². The Morgan fingerprint density at radius 3 is 2.52 bits per heavy atom. The first-order chi connectivity index (χ1) is 12.8. The van der Waals surface area contributed by atoms with Crippen LogP contribution in [0.4, 0.5) is 0 Å². The number of nitrogens with one attached hydrogen (secondary N) is 1. The van der Waals surface area contributed by atoms with Crippen molar-refractivity contribution in [3.8, 4) is 0 Å². The first kappa shape index (κ1) is 21.5. The number of esters is 3. The van der Waals surface area contributed by atoms with E-state index in [-0.39, 0.29) is 13.2 Å². The van der Waals surface area contributed by atoms with Gasteiger partial charge >= 0.3 is 17.9 Å². The monoisotopic (exact) mass is 402 g/mol. The highest BCUT2D eigenvalue weighted by Gasteiger charge is 2.59. The second-order valence-corrected chi connectivity index (χ2v) is 7.67. The Kier molecular flexibility index (Phi) is 7.49. The van der Waals surface area contributed by atoms with Crippen molar-refractivity contribution in [1.29, 1.82) is 0 Å². The molecular weight excluding hydrogens is 376 g/mol. The van der Waals surface area contributed by atoms with Crippen molar-refractivity contribution in [2.24, 2.45) is 4.99 Å². The molecule has 27 heavy (non-hydrogen) atoms. The average molecular weight is 402 g/mol. The molecule has 2 rings (SSSR count).